The highest BCUT2D eigenvalue weighted by Crippen LogP contribution is 2.36. The van der Waals surface area contributed by atoms with Crippen molar-refractivity contribution >= 4 is 5.69 Å². The fourth-order valence-electron chi connectivity index (χ4n) is 2.18. The van der Waals surface area contributed by atoms with E-state index in [9.17, 15) is 13.2 Å². The van der Waals surface area contributed by atoms with Crippen LogP contribution in [0.15, 0.2) is 18.2 Å². The van der Waals surface area contributed by atoms with Crippen LogP contribution in [-0.4, -0.2) is 12.6 Å². The molecule has 2 rings (SSSR count). The lowest BCUT2D eigenvalue weighted by molar-refractivity contribution is -0.137. The van der Waals surface area contributed by atoms with Crippen molar-refractivity contribution < 1.29 is 13.2 Å². The third-order valence-corrected chi connectivity index (χ3v) is 3.21. The minimum Gasteiger partial charge on any atom is -0.367 e. The Hall–Kier alpha value is -1.70. The van der Waals surface area contributed by atoms with Crippen molar-refractivity contribution in [3.05, 3.63) is 29.3 Å². The molecule has 0 saturated heterocycles. The van der Waals surface area contributed by atoms with Crippen LogP contribution in [0.4, 0.5) is 18.9 Å². The second kappa shape index (κ2) is 5.12. The highest BCUT2D eigenvalue weighted by Gasteiger charge is 2.33. The molecule has 5 heteroatoms. The largest absolute Gasteiger partial charge is 0.416 e. The van der Waals surface area contributed by atoms with Crippen molar-refractivity contribution in [3.8, 4) is 6.07 Å². The van der Waals surface area contributed by atoms with Crippen LogP contribution in [0.2, 0.25) is 0 Å². The summed E-state index contributed by atoms with van der Waals surface area (Å²) in [6, 6.07) is 5.69. The van der Waals surface area contributed by atoms with Gasteiger partial charge in [0.1, 0.15) is 6.07 Å². The number of hydrogen-bond donors (Lipinski definition) is 0. The van der Waals surface area contributed by atoms with Crippen molar-refractivity contribution in [2.24, 2.45) is 0 Å². The average Bonchev–Trinajstić information content (AvgIpc) is 3.18. The average molecular weight is 268 g/mol. The van der Waals surface area contributed by atoms with Gasteiger partial charge < -0.3 is 4.90 Å². The van der Waals surface area contributed by atoms with Crippen molar-refractivity contribution in [2.75, 3.05) is 11.4 Å². The molecule has 0 unspecified atom stereocenters. The number of halogens is 3. The van der Waals surface area contributed by atoms with Crippen LogP contribution in [0.1, 0.15) is 37.3 Å². The Labute approximate surface area is 110 Å². The summed E-state index contributed by atoms with van der Waals surface area (Å²) >= 11 is 0. The highest BCUT2D eigenvalue weighted by molar-refractivity contribution is 5.62. The highest BCUT2D eigenvalue weighted by atomic mass is 19.4. The molecule has 1 aromatic carbocycles. The third-order valence-electron chi connectivity index (χ3n) is 3.21. The van der Waals surface area contributed by atoms with Crippen LogP contribution in [-0.2, 0) is 6.18 Å². The first-order valence-corrected chi connectivity index (χ1v) is 6.35. The molecule has 0 atom stereocenters. The van der Waals surface area contributed by atoms with E-state index in [0.717, 1.165) is 37.9 Å². The molecule has 0 heterocycles. The number of rotatable bonds is 4. The van der Waals surface area contributed by atoms with E-state index in [1.807, 2.05) is 13.0 Å². The summed E-state index contributed by atoms with van der Waals surface area (Å²) in [7, 11) is 0. The van der Waals surface area contributed by atoms with E-state index in [4.69, 9.17) is 5.26 Å². The van der Waals surface area contributed by atoms with Gasteiger partial charge in [0.25, 0.3) is 0 Å². The Balaban J connectivity index is 2.37. The molecule has 1 aliphatic carbocycles. The first kappa shape index (κ1) is 13.7. The minimum atomic E-state index is -4.40. The molecule has 19 heavy (non-hydrogen) atoms. The first-order chi connectivity index (χ1) is 8.97. The number of nitrogens with zero attached hydrogens (tertiary/aromatic N) is 2. The molecule has 0 aromatic heterocycles. The Bertz CT molecular complexity index is 498. The summed E-state index contributed by atoms with van der Waals surface area (Å²) in [5.41, 5.74) is -0.0323. The molecule has 2 nitrogen and oxygen atoms in total. The predicted molar refractivity (Wildman–Crippen MR) is 66.8 cm³/mol. The van der Waals surface area contributed by atoms with Crippen LogP contribution in [0.3, 0.4) is 0 Å². The summed E-state index contributed by atoms with van der Waals surface area (Å²) in [5, 5.41) is 9.08. The zero-order valence-electron chi connectivity index (χ0n) is 10.7. The van der Waals surface area contributed by atoms with Gasteiger partial charge in [-0.1, -0.05) is 6.92 Å². The second-order valence-electron chi connectivity index (χ2n) is 4.77. The fourth-order valence-corrected chi connectivity index (χ4v) is 2.18. The van der Waals surface area contributed by atoms with Gasteiger partial charge in [0.05, 0.1) is 16.8 Å². The van der Waals surface area contributed by atoms with Crippen LogP contribution in [0.25, 0.3) is 0 Å². The van der Waals surface area contributed by atoms with E-state index >= 15 is 0 Å². The first-order valence-electron chi connectivity index (χ1n) is 6.35. The van der Waals surface area contributed by atoms with Crippen LogP contribution in [0.5, 0.6) is 0 Å². The predicted octanol–water partition coefficient (Wildman–Crippen LogP) is 3.96. The van der Waals surface area contributed by atoms with E-state index in [0.29, 0.717) is 11.7 Å². The molecule has 0 radical (unpaired) electrons. The number of benzene rings is 1. The molecule has 0 bridgehead atoms. The van der Waals surface area contributed by atoms with Gasteiger partial charge in [0.15, 0.2) is 0 Å². The van der Waals surface area contributed by atoms with Crippen LogP contribution < -0.4 is 4.90 Å². The summed E-state index contributed by atoms with van der Waals surface area (Å²) in [6.45, 7) is 2.79. The lowest BCUT2D eigenvalue weighted by Gasteiger charge is -2.25. The standard InChI is InChI=1S/C14H15F3N2/c1-2-7-19(12-4-5-12)13-6-3-11(14(15,16)17)8-10(13)9-18/h3,6,8,12H,2,4-5,7H2,1H3. The maximum atomic E-state index is 12.6. The smallest absolute Gasteiger partial charge is 0.367 e. The van der Waals surface area contributed by atoms with E-state index in [1.165, 1.54) is 6.07 Å². The van der Waals surface area contributed by atoms with Crippen molar-refractivity contribution in [1.82, 2.24) is 0 Å². The van der Waals surface area contributed by atoms with Gasteiger partial charge in [-0.3, -0.25) is 0 Å². The molecule has 0 amide bonds. The van der Waals surface area contributed by atoms with Gasteiger partial charge in [-0.15, -0.1) is 0 Å². The third kappa shape index (κ3) is 3.01. The van der Waals surface area contributed by atoms with Gasteiger partial charge >= 0.3 is 6.18 Å². The molecule has 1 aromatic rings. The lowest BCUT2D eigenvalue weighted by Crippen LogP contribution is -2.27. The maximum Gasteiger partial charge on any atom is 0.416 e. The minimum absolute atomic E-state index is 0.107. The molecule has 1 aliphatic rings. The van der Waals surface area contributed by atoms with Crippen LogP contribution >= 0.6 is 0 Å². The molecule has 102 valence electrons. The van der Waals surface area contributed by atoms with Gasteiger partial charge in [-0.25, -0.2) is 0 Å². The number of anilines is 1. The van der Waals surface area contributed by atoms with E-state index in [2.05, 4.69) is 4.90 Å². The lowest BCUT2D eigenvalue weighted by atomic mass is 10.1. The number of nitriles is 1. The molecule has 0 spiro atoms. The van der Waals surface area contributed by atoms with E-state index in [-0.39, 0.29) is 5.56 Å². The van der Waals surface area contributed by atoms with Crippen molar-refractivity contribution in [3.63, 3.8) is 0 Å². The summed E-state index contributed by atoms with van der Waals surface area (Å²) in [6.07, 6.45) is -1.40. The van der Waals surface area contributed by atoms with Crippen LogP contribution in [0, 0.1) is 11.3 Å². The van der Waals surface area contributed by atoms with E-state index in [1.54, 1.807) is 0 Å². The Morgan fingerprint density at radius 1 is 1.37 bits per heavy atom. The zero-order valence-corrected chi connectivity index (χ0v) is 10.7. The zero-order chi connectivity index (χ0) is 14.0. The SMILES string of the molecule is CCCN(c1ccc(C(F)(F)F)cc1C#N)C1CC1. The van der Waals surface area contributed by atoms with Crippen molar-refractivity contribution in [2.45, 2.75) is 38.4 Å². The Morgan fingerprint density at radius 2 is 2.05 bits per heavy atom. The molecule has 0 aliphatic heterocycles. The van der Waals surface area contributed by atoms with Crippen molar-refractivity contribution in [1.29, 1.82) is 5.26 Å². The normalized spacial score (nSPS) is 15.1. The molecule has 1 fully saturated rings. The topological polar surface area (TPSA) is 27.0 Å². The van der Waals surface area contributed by atoms with Gasteiger partial charge in [0.2, 0.25) is 0 Å². The monoisotopic (exact) mass is 268 g/mol. The second-order valence-corrected chi connectivity index (χ2v) is 4.77. The molecule has 0 N–H and O–H groups in total. The molecule has 1 saturated carbocycles. The quantitative estimate of drug-likeness (QED) is 0.826. The van der Waals surface area contributed by atoms with E-state index < -0.39 is 11.7 Å². The van der Waals surface area contributed by atoms with Gasteiger partial charge in [-0.05, 0) is 37.5 Å². The summed E-state index contributed by atoms with van der Waals surface area (Å²) in [4.78, 5) is 2.05. The maximum absolute atomic E-state index is 12.6. The summed E-state index contributed by atoms with van der Waals surface area (Å²) < 4.78 is 37.9. The summed E-state index contributed by atoms with van der Waals surface area (Å²) in [5.74, 6) is 0. The fraction of sp³-hybridized carbons (Fsp3) is 0.500. The molecular weight excluding hydrogens is 253 g/mol. The van der Waals surface area contributed by atoms with Gasteiger partial charge in [0, 0.05) is 12.6 Å². The molecular formula is C14H15F3N2. The number of alkyl halides is 3. The van der Waals surface area contributed by atoms with Gasteiger partial charge in [-0.2, -0.15) is 18.4 Å². The Morgan fingerprint density at radius 3 is 2.53 bits per heavy atom. The number of hydrogen-bond acceptors (Lipinski definition) is 2. The Kier molecular flexibility index (Phi) is 3.70.